The van der Waals surface area contributed by atoms with Crippen LogP contribution in [0, 0.1) is 18.6 Å². The second kappa shape index (κ2) is 9.76. The Morgan fingerprint density at radius 2 is 1.64 bits per heavy atom. The quantitative estimate of drug-likeness (QED) is 0.285. The van der Waals surface area contributed by atoms with Crippen molar-refractivity contribution in [2.24, 2.45) is 5.10 Å². The molecule has 1 N–H and O–H groups in total. The van der Waals surface area contributed by atoms with E-state index < -0.39 is 23.6 Å². The van der Waals surface area contributed by atoms with Gasteiger partial charge in [0.05, 0.1) is 17.3 Å². The fraction of sp³-hybridized carbons (Fsp3) is 0.0938. The molecule has 7 heteroatoms. The van der Waals surface area contributed by atoms with Crippen molar-refractivity contribution in [3.63, 3.8) is 0 Å². The van der Waals surface area contributed by atoms with Gasteiger partial charge in [-0.15, -0.1) is 0 Å². The molecule has 39 heavy (non-hydrogen) atoms. The molecule has 4 aromatic carbocycles. The van der Waals surface area contributed by atoms with Gasteiger partial charge in [0.1, 0.15) is 11.6 Å². The van der Waals surface area contributed by atoms with Crippen molar-refractivity contribution in [2.75, 3.05) is 0 Å². The number of amides is 1. The van der Waals surface area contributed by atoms with Crippen LogP contribution >= 0.6 is 0 Å². The molecule has 6 rings (SSSR count). The lowest BCUT2D eigenvalue weighted by molar-refractivity contribution is 0.0711. The van der Waals surface area contributed by atoms with Crippen LogP contribution in [0.4, 0.5) is 8.78 Å². The number of carbonyl (C=O) groups excluding carboxylic acids is 1. The maximum absolute atomic E-state index is 14.3. The van der Waals surface area contributed by atoms with Gasteiger partial charge in [0.15, 0.2) is 0 Å². The molecule has 1 aliphatic rings. The van der Waals surface area contributed by atoms with Crippen LogP contribution in [-0.4, -0.2) is 21.6 Å². The molecular formula is C32H23F2N3O2. The summed E-state index contributed by atoms with van der Waals surface area (Å²) in [6, 6.07) is 25.9. The number of pyridine rings is 1. The largest absolute Gasteiger partial charge is 0.321 e. The summed E-state index contributed by atoms with van der Waals surface area (Å²) < 4.78 is 27.8. The van der Waals surface area contributed by atoms with Gasteiger partial charge in [0.25, 0.3) is 11.5 Å². The maximum Gasteiger partial charge on any atom is 0.274 e. The number of H-pyrrole nitrogens is 1. The van der Waals surface area contributed by atoms with Crippen LogP contribution in [0.15, 0.2) is 107 Å². The van der Waals surface area contributed by atoms with Gasteiger partial charge in [-0.2, -0.15) is 5.10 Å². The molecule has 0 radical (unpaired) electrons. The summed E-state index contributed by atoms with van der Waals surface area (Å²) in [4.78, 5) is 30.2. The zero-order valence-corrected chi connectivity index (χ0v) is 21.0. The van der Waals surface area contributed by atoms with Crippen molar-refractivity contribution in [2.45, 2.75) is 19.4 Å². The highest BCUT2D eigenvalue weighted by molar-refractivity contribution is 6.13. The second-order valence-corrected chi connectivity index (χ2v) is 9.60. The van der Waals surface area contributed by atoms with E-state index in [1.165, 1.54) is 41.4 Å². The fourth-order valence-electron chi connectivity index (χ4n) is 5.13. The van der Waals surface area contributed by atoms with Crippen LogP contribution in [-0.2, 0) is 0 Å². The van der Waals surface area contributed by atoms with E-state index in [9.17, 15) is 18.4 Å². The molecule has 5 nitrogen and oxygen atoms in total. The number of carbonyl (C=O) groups is 1. The summed E-state index contributed by atoms with van der Waals surface area (Å²) in [5, 5.41) is 6.81. The fourth-order valence-corrected chi connectivity index (χ4v) is 5.13. The number of benzene rings is 4. The number of aryl methyl sites for hydroxylation is 1. The summed E-state index contributed by atoms with van der Waals surface area (Å²) in [5.41, 5.74) is 4.46. The smallest absolute Gasteiger partial charge is 0.274 e. The van der Waals surface area contributed by atoms with E-state index in [0.717, 1.165) is 16.5 Å². The molecule has 1 atom stereocenters. The minimum atomic E-state index is -0.663. The minimum Gasteiger partial charge on any atom is -0.321 e. The number of hydrogen-bond acceptors (Lipinski definition) is 3. The first-order valence-corrected chi connectivity index (χ1v) is 12.5. The van der Waals surface area contributed by atoms with Crippen LogP contribution in [0.2, 0.25) is 0 Å². The van der Waals surface area contributed by atoms with Crippen molar-refractivity contribution < 1.29 is 13.6 Å². The number of nitrogens with one attached hydrogen (secondary N) is 1. The predicted octanol–water partition coefficient (Wildman–Crippen LogP) is 6.77. The third-order valence-electron chi connectivity index (χ3n) is 6.96. The average molecular weight is 520 g/mol. The van der Waals surface area contributed by atoms with Gasteiger partial charge in [-0.3, -0.25) is 9.59 Å². The molecular weight excluding hydrogens is 496 g/mol. The first-order valence-electron chi connectivity index (χ1n) is 12.5. The molecule has 1 amide bonds. The summed E-state index contributed by atoms with van der Waals surface area (Å²) in [5.74, 6) is -1.39. The Morgan fingerprint density at radius 3 is 2.38 bits per heavy atom. The first-order chi connectivity index (χ1) is 18.9. The summed E-state index contributed by atoms with van der Waals surface area (Å²) in [6.45, 7) is 1.98. The summed E-state index contributed by atoms with van der Waals surface area (Å²) in [7, 11) is 0. The van der Waals surface area contributed by atoms with Gasteiger partial charge in [-0.05, 0) is 66.6 Å². The predicted molar refractivity (Wildman–Crippen MR) is 148 cm³/mol. The zero-order chi connectivity index (χ0) is 27.1. The van der Waals surface area contributed by atoms with Gasteiger partial charge in [0, 0.05) is 28.5 Å². The highest BCUT2D eigenvalue weighted by atomic mass is 19.1. The molecule has 0 spiro atoms. The number of aromatic nitrogens is 1. The number of rotatable bonds is 4. The van der Waals surface area contributed by atoms with Crippen molar-refractivity contribution in [1.82, 2.24) is 9.99 Å². The summed E-state index contributed by atoms with van der Waals surface area (Å²) in [6.07, 6.45) is 0.191. The maximum atomic E-state index is 14.3. The van der Waals surface area contributed by atoms with Crippen LogP contribution < -0.4 is 5.56 Å². The van der Waals surface area contributed by atoms with Crippen LogP contribution in [0.1, 0.15) is 39.5 Å². The Balaban J connectivity index is 1.57. The molecule has 1 aliphatic heterocycles. The van der Waals surface area contributed by atoms with Gasteiger partial charge in [0.2, 0.25) is 0 Å². The number of nitrogens with zero attached hydrogens (tertiary/aromatic N) is 2. The third kappa shape index (κ3) is 4.52. The van der Waals surface area contributed by atoms with E-state index in [2.05, 4.69) is 10.1 Å². The monoisotopic (exact) mass is 519 g/mol. The van der Waals surface area contributed by atoms with Gasteiger partial charge >= 0.3 is 0 Å². The van der Waals surface area contributed by atoms with Crippen LogP contribution in [0.3, 0.4) is 0 Å². The molecule has 1 aromatic heterocycles. The molecule has 0 unspecified atom stereocenters. The average Bonchev–Trinajstić information content (AvgIpc) is 3.38. The lowest BCUT2D eigenvalue weighted by Crippen LogP contribution is -2.27. The topological polar surface area (TPSA) is 65.5 Å². The molecule has 0 fully saturated rings. The zero-order valence-electron chi connectivity index (χ0n) is 21.0. The molecule has 0 bridgehead atoms. The highest BCUT2D eigenvalue weighted by Gasteiger charge is 2.36. The molecule has 2 heterocycles. The van der Waals surface area contributed by atoms with Crippen molar-refractivity contribution in [3.05, 3.63) is 141 Å². The van der Waals surface area contributed by atoms with Crippen LogP contribution in [0.25, 0.3) is 22.0 Å². The lowest BCUT2D eigenvalue weighted by Gasteiger charge is -2.22. The normalized spacial score (nSPS) is 15.0. The Bertz CT molecular complexity index is 1810. The van der Waals surface area contributed by atoms with Crippen molar-refractivity contribution in [1.29, 1.82) is 0 Å². The van der Waals surface area contributed by atoms with E-state index >= 15 is 0 Å². The second-order valence-electron chi connectivity index (χ2n) is 9.60. The van der Waals surface area contributed by atoms with E-state index in [0.29, 0.717) is 27.9 Å². The van der Waals surface area contributed by atoms with E-state index in [1.54, 1.807) is 12.1 Å². The molecule has 5 aromatic rings. The van der Waals surface area contributed by atoms with E-state index in [1.807, 2.05) is 55.5 Å². The molecule has 0 saturated carbocycles. The van der Waals surface area contributed by atoms with Crippen molar-refractivity contribution >= 4 is 22.5 Å². The SMILES string of the molecule is Cc1ccc2[nH]c(=O)c(C3=NN(C(=O)c4ccc(F)cc4)[C@@H](c4cccc(F)c4)C3)c(-c3ccccc3)c2c1. The number of fused-ring (bicyclic) bond motifs is 1. The first kappa shape index (κ1) is 24.4. The van der Waals surface area contributed by atoms with E-state index in [4.69, 9.17) is 0 Å². The number of aromatic amines is 1. The van der Waals surface area contributed by atoms with Gasteiger partial charge in [-0.25, -0.2) is 13.8 Å². The third-order valence-corrected chi connectivity index (χ3v) is 6.96. The summed E-state index contributed by atoms with van der Waals surface area (Å²) >= 11 is 0. The minimum absolute atomic E-state index is 0.191. The van der Waals surface area contributed by atoms with Crippen LogP contribution in [0.5, 0.6) is 0 Å². The molecule has 192 valence electrons. The van der Waals surface area contributed by atoms with Crippen molar-refractivity contribution in [3.8, 4) is 11.1 Å². The van der Waals surface area contributed by atoms with E-state index in [-0.39, 0.29) is 17.5 Å². The Morgan fingerprint density at radius 1 is 0.872 bits per heavy atom. The number of hydrogen-bond donors (Lipinski definition) is 1. The molecule has 0 aliphatic carbocycles. The standard InChI is InChI=1S/C32H23F2N3O2/c1-19-10-15-26-25(16-19)29(20-6-3-2-4-7-20)30(31(38)35-26)27-18-28(22-8-5-9-24(34)17-22)37(36-27)32(39)21-11-13-23(33)14-12-21/h2-17,28H,18H2,1H3,(H,35,38)/t28-/m1/s1. The van der Waals surface area contributed by atoms with Gasteiger partial charge in [-0.1, -0.05) is 54.1 Å². The highest BCUT2D eigenvalue weighted by Crippen LogP contribution is 2.38. The Hall–Kier alpha value is -4.91. The molecule has 0 saturated heterocycles. The Kier molecular flexibility index (Phi) is 6.11. The van der Waals surface area contributed by atoms with Gasteiger partial charge < -0.3 is 4.98 Å². The Labute approximate surface area is 223 Å². The lowest BCUT2D eigenvalue weighted by atomic mass is 9.90. The number of hydrazone groups is 1. The number of halogens is 2.